The molecular weight excluding hydrogens is 991 g/mol. The molecule has 0 radical (unpaired) electrons. The van der Waals surface area contributed by atoms with Gasteiger partial charge in [0.1, 0.15) is 24.4 Å². The minimum atomic E-state index is -1.63. The average Bonchev–Trinajstić information content (AvgIpc) is 3.44. The van der Waals surface area contributed by atoms with Crippen LogP contribution in [0.3, 0.4) is 0 Å². The van der Waals surface area contributed by atoms with E-state index in [1.54, 1.807) is 6.08 Å². The molecule has 0 aliphatic carbocycles. The maximum atomic E-state index is 13.3. The molecule has 1 fully saturated rings. The first-order chi connectivity index (χ1) is 38.7. The SMILES string of the molecule is CC/C=C/C=C/C=C\C=C/CCCCC(O)C(=O)NC(COC1OC(CO)C(O)C(O)C1OC(=O)CCCCCCCCCCCCC/C=C\C/C=C\C/C=C\C/C=C\CCCCC)C(O)/C=C/CCCCCCCCCCC. The van der Waals surface area contributed by atoms with Crippen LogP contribution in [0.15, 0.2) is 109 Å². The van der Waals surface area contributed by atoms with Crippen molar-refractivity contribution in [3.05, 3.63) is 109 Å². The van der Waals surface area contributed by atoms with Gasteiger partial charge in [0.05, 0.1) is 25.4 Å². The Morgan fingerprint density at radius 2 is 0.962 bits per heavy atom. The molecule has 1 aliphatic rings. The second-order valence-electron chi connectivity index (χ2n) is 21.5. The largest absolute Gasteiger partial charge is 0.454 e. The van der Waals surface area contributed by atoms with Gasteiger partial charge < -0.3 is 45.1 Å². The molecule has 0 spiro atoms. The summed E-state index contributed by atoms with van der Waals surface area (Å²) in [4.78, 5) is 26.5. The fraction of sp³-hybridized carbons (Fsp3) is 0.706. The Labute approximate surface area is 481 Å². The van der Waals surface area contributed by atoms with Gasteiger partial charge in [-0.25, -0.2) is 0 Å². The molecule has 1 aliphatic heterocycles. The van der Waals surface area contributed by atoms with Crippen LogP contribution in [0.5, 0.6) is 0 Å². The topological polar surface area (TPSA) is 175 Å². The number of amides is 1. The van der Waals surface area contributed by atoms with E-state index in [0.29, 0.717) is 12.8 Å². The molecule has 1 saturated heterocycles. The van der Waals surface area contributed by atoms with E-state index in [-0.39, 0.29) is 19.4 Å². The Kier molecular flexibility index (Phi) is 50.9. The molecule has 79 heavy (non-hydrogen) atoms. The molecule has 0 bridgehead atoms. The third-order valence-electron chi connectivity index (χ3n) is 14.3. The van der Waals surface area contributed by atoms with Crippen LogP contribution in [-0.2, 0) is 23.8 Å². The van der Waals surface area contributed by atoms with Crippen LogP contribution in [0.1, 0.15) is 245 Å². The van der Waals surface area contributed by atoms with Crippen LogP contribution in [0, 0.1) is 0 Å². The van der Waals surface area contributed by atoms with Gasteiger partial charge in [-0.15, -0.1) is 0 Å². The minimum absolute atomic E-state index is 0.109. The van der Waals surface area contributed by atoms with Crippen LogP contribution in [0.2, 0.25) is 0 Å². The quantitative estimate of drug-likeness (QED) is 0.0149. The van der Waals surface area contributed by atoms with Gasteiger partial charge in [0.25, 0.3) is 0 Å². The highest BCUT2D eigenvalue weighted by atomic mass is 16.7. The molecule has 0 aromatic rings. The van der Waals surface area contributed by atoms with Crippen LogP contribution in [-0.4, -0.2) is 99.6 Å². The van der Waals surface area contributed by atoms with E-state index in [9.17, 15) is 35.1 Å². The van der Waals surface area contributed by atoms with Gasteiger partial charge in [-0.2, -0.15) is 0 Å². The first kappa shape index (κ1) is 73.3. The molecule has 1 rings (SSSR count). The van der Waals surface area contributed by atoms with Crippen LogP contribution in [0.4, 0.5) is 0 Å². The van der Waals surface area contributed by atoms with Crippen molar-refractivity contribution in [2.24, 2.45) is 0 Å². The number of allylic oxidation sites excluding steroid dienone is 17. The third kappa shape index (κ3) is 42.8. The van der Waals surface area contributed by atoms with Gasteiger partial charge in [-0.1, -0.05) is 259 Å². The predicted molar refractivity (Wildman–Crippen MR) is 328 cm³/mol. The highest BCUT2D eigenvalue weighted by molar-refractivity contribution is 5.80. The fourth-order valence-electron chi connectivity index (χ4n) is 9.23. The van der Waals surface area contributed by atoms with Crippen molar-refractivity contribution in [2.75, 3.05) is 13.2 Å². The Hall–Kier alpha value is -3.68. The second-order valence-corrected chi connectivity index (χ2v) is 21.5. The van der Waals surface area contributed by atoms with E-state index >= 15 is 0 Å². The van der Waals surface area contributed by atoms with Gasteiger partial charge in [0.15, 0.2) is 12.4 Å². The number of unbranched alkanes of at least 4 members (excludes halogenated alkanes) is 25. The summed E-state index contributed by atoms with van der Waals surface area (Å²) in [5.41, 5.74) is 0. The number of carbonyl (C=O) groups excluding carboxylic acids is 2. The third-order valence-corrected chi connectivity index (χ3v) is 14.3. The maximum Gasteiger partial charge on any atom is 0.306 e. The lowest BCUT2D eigenvalue weighted by Crippen LogP contribution is -2.61. The number of rotatable bonds is 52. The number of aliphatic hydroxyl groups is 5. The summed E-state index contributed by atoms with van der Waals surface area (Å²) >= 11 is 0. The van der Waals surface area contributed by atoms with Gasteiger partial charge in [0.2, 0.25) is 5.91 Å². The van der Waals surface area contributed by atoms with Crippen molar-refractivity contribution in [3.63, 3.8) is 0 Å². The maximum absolute atomic E-state index is 13.3. The number of ether oxygens (including phenoxy) is 3. The monoisotopic (exact) mass is 1110 g/mol. The molecule has 6 N–H and O–H groups in total. The lowest BCUT2D eigenvalue weighted by Gasteiger charge is -2.41. The summed E-state index contributed by atoms with van der Waals surface area (Å²) in [5.74, 6) is -1.25. The molecule has 1 heterocycles. The molecule has 452 valence electrons. The van der Waals surface area contributed by atoms with Gasteiger partial charge in [-0.05, 0) is 89.9 Å². The van der Waals surface area contributed by atoms with Gasteiger partial charge in [-0.3, -0.25) is 9.59 Å². The molecule has 0 aromatic heterocycles. The summed E-state index contributed by atoms with van der Waals surface area (Å²) < 4.78 is 17.6. The van der Waals surface area contributed by atoms with E-state index < -0.39 is 67.4 Å². The van der Waals surface area contributed by atoms with Crippen LogP contribution < -0.4 is 5.32 Å². The van der Waals surface area contributed by atoms with Crippen molar-refractivity contribution in [1.82, 2.24) is 5.32 Å². The Balaban J connectivity index is 2.58. The Morgan fingerprint density at radius 3 is 1.51 bits per heavy atom. The van der Waals surface area contributed by atoms with Crippen LogP contribution >= 0.6 is 0 Å². The van der Waals surface area contributed by atoms with Crippen molar-refractivity contribution in [2.45, 2.75) is 294 Å². The highest BCUT2D eigenvalue weighted by Gasteiger charge is 2.47. The molecular formula is C68H115NO10. The Morgan fingerprint density at radius 1 is 0.519 bits per heavy atom. The summed E-state index contributed by atoms with van der Waals surface area (Å²) in [6.07, 6.45) is 64.3. The first-order valence-corrected chi connectivity index (χ1v) is 31.7. The standard InChI is InChI=1S/C68H115NO10/c1-4-7-10-13-16-19-22-24-25-26-27-28-29-30-31-32-33-34-35-36-37-38-41-44-47-50-53-56-63(73)79-66-65(75)64(74)62(57-70)78-68(66)77-58-59(60(71)54-51-48-45-42-39-21-18-15-12-9-6-3)69-67(76)61(72)55-52-49-46-43-40-23-20-17-14-11-8-5-2/h8,11,14,16-17,19-20,23-25,27-28,30-31,40,43,51,54,59-62,64-66,68,70-72,74-75H,4-7,9-10,12-13,15,18,21-22,26,29,32-39,41-42,44-50,52-53,55-58H2,1-3H3,(H,69,76)/b11-8+,17-14+,19-16-,23-20-,25-24-,28-27-,31-30-,43-40-,54-51+. The van der Waals surface area contributed by atoms with Gasteiger partial charge in [0, 0.05) is 6.42 Å². The number of nitrogens with one attached hydrogen (secondary N) is 1. The molecule has 0 saturated carbocycles. The number of carbonyl (C=O) groups is 2. The van der Waals surface area contributed by atoms with E-state index in [1.807, 2.05) is 48.6 Å². The number of hydrogen-bond donors (Lipinski definition) is 6. The minimum Gasteiger partial charge on any atom is -0.454 e. The molecule has 11 heteroatoms. The first-order valence-electron chi connectivity index (χ1n) is 31.7. The summed E-state index contributed by atoms with van der Waals surface area (Å²) in [6, 6.07) is -1.05. The lowest BCUT2D eigenvalue weighted by molar-refractivity contribution is -0.305. The molecule has 8 atom stereocenters. The van der Waals surface area contributed by atoms with Crippen molar-refractivity contribution >= 4 is 11.9 Å². The highest BCUT2D eigenvalue weighted by Crippen LogP contribution is 2.26. The number of aliphatic hydroxyl groups excluding tert-OH is 5. The predicted octanol–water partition coefficient (Wildman–Crippen LogP) is 15.3. The summed E-state index contributed by atoms with van der Waals surface area (Å²) in [6.45, 7) is 5.57. The Bertz CT molecular complexity index is 1700. The van der Waals surface area contributed by atoms with E-state index in [0.717, 1.165) is 96.3 Å². The zero-order valence-electron chi connectivity index (χ0n) is 50.0. The smallest absolute Gasteiger partial charge is 0.306 e. The van der Waals surface area contributed by atoms with Crippen molar-refractivity contribution < 1.29 is 49.3 Å². The molecule has 8 unspecified atom stereocenters. The second kappa shape index (κ2) is 54.9. The summed E-state index contributed by atoms with van der Waals surface area (Å²) in [7, 11) is 0. The van der Waals surface area contributed by atoms with Gasteiger partial charge >= 0.3 is 5.97 Å². The van der Waals surface area contributed by atoms with Crippen LogP contribution in [0.25, 0.3) is 0 Å². The summed E-state index contributed by atoms with van der Waals surface area (Å²) in [5, 5.41) is 56.8. The lowest BCUT2D eigenvalue weighted by atomic mass is 9.99. The van der Waals surface area contributed by atoms with Crippen molar-refractivity contribution in [1.29, 1.82) is 0 Å². The zero-order chi connectivity index (χ0) is 57.5. The molecule has 1 amide bonds. The zero-order valence-corrected chi connectivity index (χ0v) is 50.0. The van der Waals surface area contributed by atoms with E-state index in [4.69, 9.17) is 14.2 Å². The molecule has 0 aromatic carbocycles. The van der Waals surface area contributed by atoms with E-state index in [2.05, 4.69) is 80.8 Å². The normalized spacial score (nSPS) is 19.6. The molecule has 11 nitrogen and oxygen atoms in total. The number of hydrogen-bond acceptors (Lipinski definition) is 10. The van der Waals surface area contributed by atoms with E-state index in [1.165, 1.54) is 103 Å². The average molecular weight is 1110 g/mol. The van der Waals surface area contributed by atoms with Crippen molar-refractivity contribution in [3.8, 4) is 0 Å². The number of esters is 1. The fourth-order valence-corrected chi connectivity index (χ4v) is 9.23.